The highest BCUT2D eigenvalue weighted by Gasteiger charge is 2.12. The van der Waals surface area contributed by atoms with Crippen molar-refractivity contribution < 1.29 is 4.39 Å². The van der Waals surface area contributed by atoms with Gasteiger partial charge in [-0.05, 0) is 40.2 Å². The summed E-state index contributed by atoms with van der Waals surface area (Å²) in [5, 5.41) is 4.30. The molecule has 3 rings (SSSR count). The van der Waals surface area contributed by atoms with E-state index >= 15 is 0 Å². The second kappa shape index (κ2) is 5.46. The first-order valence-corrected chi connectivity index (χ1v) is 7.14. The van der Waals surface area contributed by atoms with Gasteiger partial charge in [0.2, 0.25) is 0 Å². The normalized spacial score (nSPS) is 10.8. The lowest BCUT2D eigenvalue weighted by Crippen LogP contribution is -2.01. The lowest BCUT2D eigenvalue weighted by molar-refractivity contribution is 0.626. The molecule has 2 N–H and O–H groups in total. The van der Waals surface area contributed by atoms with Gasteiger partial charge >= 0.3 is 0 Å². The van der Waals surface area contributed by atoms with Gasteiger partial charge in [0.05, 0.1) is 22.6 Å². The minimum Gasteiger partial charge on any atom is -0.384 e. The Bertz CT molecular complexity index is 818. The molecule has 106 valence electrons. The van der Waals surface area contributed by atoms with Gasteiger partial charge in [-0.2, -0.15) is 5.10 Å². The summed E-state index contributed by atoms with van der Waals surface area (Å²) in [6.45, 7) is 0. The Balaban J connectivity index is 2.17. The fourth-order valence-corrected chi connectivity index (χ4v) is 2.52. The maximum atomic E-state index is 13.6. The van der Waals surface area contributed by atoms with E-state index in [0.717, 1.165) is 15.7 Å². The van der Waals surface area contributed by atoms with Crippen LogP contribution in [0.3, 0.4) is 0 Å². The molecule has 0 aliphatic rings. The molecule has 4 nitrogen and oxygen atoms in total. The zero-order valence-electron chi connectivity index (χ0n) is 10.6. The Labute approximate surface area is 133 Å². The zero-order chi connectivity index (χ0) is 15.0. The fourth-order valence-electron chi connectivity index (χ4n) is 1.98. The van der Waals surface area contributed by atoms with Crippen LogP contribution in [0.5, 0.6) is 0 Å². The van der Waals surface area contributed by atoms with E-state index in [1.54, 1.807) is 29.2 Å². The molecule has 0 aliphatic heterocycles. The van der Waals surface area contributed by atoms with Gasteiger partial charge in [0, 0.05) is 22.3 Å². The number of nitrogens with two attached hydrogens (primary N) is 1. The van der Waals surface area contributed by atoms with Crippen molar-refractivity contribution in [2.24, 2.45) is 0 Å². The van der Waals surface area contributed by atoms with Crippen molar-refractivity contribution in [1.29, 1.82) is 0 Å². The summed E-state index contributed by atoms with van der Waals surface area (Å²) in [5.41, 5.74) is 7.87. The van der Waals surface area contributed by atoms with Crippen LogP contribution < -0.4 is 5.73 Å². The smallest absolute Gasteiger partial charge is 0.143 e. The van der Waals surface area contributed by atoms with Crippen molar-refractivity contribution in [1.82, 2.24) is 14.8 Å². The molecule has 0 saturated heterocycles. The highest BCUT2D eigenvalue weighted by molar-refractivity contribution is 9.10. The van der Waals surface area contributed by atoms with Crippen molar-refractivity contribution in [2.45, 2.75) is 0 Å². The third kappa shape index (κ3) is 2.64. The third-order valence-electron chi connectivity index (χ3n) is 2.94. The Morgan fingerprint density at radius 2 is 2.05 bits per heavy atom. The average molecular weight is 368 g/mol. The molecule has 0 spiro atoms. The molecule has 2 aromatic heterocycles. The molecule has 0 bridgehead atoms. The fraction of sp³-hybridized carbons (Fsp3) is 0. The third-order valence-corrected chi connectivity index (χ3v) is 3.88. The van der Waals surface area contributed by atoms with Gasteiger partial charge < -0.3 is 5.73 Å². The summed E-state index contributed by atoms with van der Waals surface area (Å²) >= 11 is 9.14. The molecule has 1 aromatic carbocycles. The number of halogens is 3. The van der Waals surface area contributed by atoms with Crippen LogP contribution in [0.1, 0.15) is 0 Å². The summed E-state index contributed by atoms with van der Waals surface area (Å²) in [4.78, 5) is 4.00. The minimum atomic E-state index is -0.496. The molecule has 0 unspecified atom stereocenters. The quantitative estimate of drug-likeness (QED) is 0.743. The largest absolute Gasteiger partial charge is 0.384 e. The van der Waals surface area contributed by atoms with E-state index in [1.807, 2.05) is 6.07 Å². The monoisotopic (exact) mass is 366 g/mol. The lowest BCUT2D eigenvalue weighted by atomic mass is 10.2. The molecule has 2 heterocycles. The van der Waals surface area contributed by atoms with Crippen LogP contribution in [0.25, 0.3) is 16.9 Å². The Hall–Kier alpha value is -1.92. The van der Waals surface area contributed by atoms with Crippen LogP contribution in [0, 0.1) is 5.82 Å². The number of aromatic nitrogens is 3. The molecule has 0 amide bonds. The second-order valence-corrected chi connectivity index (χ2v) is 5.58. The molecule has 21 heavy (non-hydrogen) atoms. The van der Waals surface area contributed by atoms with Gasteiger partial charge in [-0.1, -0.05) is 11.6 Å². The number of benzene rings is 1. The number of hydrogen-bond acceptors (Lipinski definition) is 3. The van der Waals surface area contributed by atoms with Crippen LogP contribution in [-0.4, -0.2) is 14.8 Å². The predicted octanol–water partition coefficient (Wildman–Crippen LogP) is 4.07. The highest BCUT2D eigenvalue weighted by Crippen LogP contribution is 2.30. The Morgan fingerprint density at radius 3 is 2.81 bits per heavy atom. The topological polar surface area (TPSA) is 56.7 Å². The first kappa shape index (κ1) is 14.0. The summed E-state index contributed by atoms with van der Waals surface area (Å²) in [6.07, 6.45) is 3.25. The number of rotatable bonds is 2. The molecule has 0 radical (unpaired) electrons. The molecule has 0 aliphatic carbocycles. The number of anilines is 1. The van der Waals surface area contributed by atoms with E-state index in [2.05, 4.69) is 26.0 Å². The molecule has 7 heteroatoms. The summed E-state index contributed by atoms with van der Waals surface area (Å²) < 4.78 is 16.0. The van der Waals surface area contributed by atoms with Crippen molar-refractivity contribution in [2.75, 3.05) is 5.73 Å². The van der Waals surface area contributed by atoms with E-state index in [1.165, 1.54) is 12.1 Å². The zero-order valence-corrected chi connectivity index (χ0v) is 12.9. The second-order valence-electron chi connectivity index (χ2n) is 4.32. The van der Waals surface area contributed by atoms with Crippen LogP contribution in [0.15, 0.2) is 47.2 Å². The molecule has 0 fully saturated rings. The summed E-state index contributed by atoms with van der Waals surface area (Å²) in [5.74, 6) is -0.104. The maximum absolute atomic E-state index is 13.6. The predicted molar refractivity (Wildman–Crippen MR) is 83.9 cm³/mol. The van der Waals surface area contributed by atoms with Gasteiger partial charge in [0.25, 0.3) is 0 Å². The van der Waals surface area contributed by atoms with Crippen LogP contribution in [-0.2, 0) is 0 Å². The van der Waals surface area contributed by atoms with Crippen molar-refractivity contribution >= 4 is 33.3 Å². The van der Waals surface area contributed by atoms with E-state index in [4.69, 9.17) is 17.3 Å². The summed E-state index contributed by atoms with van der Waals surface area (Å²) in [7, 11) is 0. The van der Waals surface area contributed by atoms with Gasteiger partial charge in [-0.15, -0.1) is 0 Å². The standard InChI is InChI=1S/C14H9BrClFN4/c15-10-7-19-14(18)6-9(10)13-3-4-20-21(13)8-1-2-11(16)12(17)5-8/h1-7H,(H2,18,19). The lowest BCUT2D eigenvalue weighted by Gasteiger charge is -2.10. The van der Waals surface area contributed by atoms with Crippen molar-refractivity contribution in [3.63, 3.8) is 0 Å². The Kier molecular flexibility index (Phi) is 3.65. The molecule has 3 aromatic rings. The summed E-state index contributed by atoms with van der Waals surface area (Å²) in [6, 6.07) is 8.06. The van der Waals surface area contributed by atoms with Crippen LogP contribution in [0.4, 0.5) is 10.2 Å². The van der Waals surface area contributed by atoms with Gasteiger partial charge in [-0.3, -0.25) is 0 Å². The van der Waals surface area contributed by atoms with Gasteiger partial charge in [0.15, 0.2) is 0 Å². The highest BCUT2D eigenvalue weighted by atomic mass is 79.9. The van der Waals surface area contributed by atoms with Crippen molar-refractivity contribution in [3.8, 4) is 16.9 Å². The minimum absolute atomic E-state index is 0.0711. The van der Waals surface area contributed by atoms with E-state index in [9.17, 15) is 4.39 Å². The SMILES string of the molecule is Nc1cc(-c2ccnn2-c2ccc(Cl)c(F)c2)c(Br)cn1. The van der Waals surface area contributed by atoms with E-state index < -0.39 is 5.82 Å². The maximum Gasteiger partial charge on any atom is 0.143 e. The van der Waals surface area contributed by atoms with E-state index in [-0.39, 0.29) is 5.02 Å². The number of pyridine rings is 1. The van der Waals surface area contributed by atoms with Crippen molar-refractivity contribution in [3.05, 3.63) is 58.0 Å². The van der Waals surface area contributed by atoms with E-state index in [0.29, 0.717) is 11.5 Å². The molecule has 0 saturated carbocycles. The molecular weight excluding hydrogens is 359 g/mol. The number of nitrogens with zero attached hydrogens (tertiary/aromatic N) is 3. The Morgan fingerprint density at radius 1 is 1.24 bits per heavy atom. The van der Waals surface area contributed by atoms with Crippen LogP contribution in [0.2, 0.25) is 5.02 Å². The first-order chi connectivity index (χ1) is 10.1. The van der Waals surface area contributed by atoms with Crippen LogP contribution >= 0.6 is 27.5 Å². The van der Waals surface area contributed by atoms with Gasteiger partial charge in [0.1, 0.15) is 11.6 Å². The number of nitrogen functional groups attached to an aromatic ring is 1. The number of hydrogen-bond donors (Lipinski definition) is 1. The average Bonchev–Trinajstić information content (AvgIpc) is 2.93. The van der Waals surface area contributed by atoms with Gasteiger partial charge in [-0.25, -0.2) is 14.1 Å². The first-order valence-electron chi connectivity index (χ1n) is 5.97. The molecule has 0 atom stereocenters. The molecular formula is C14H9BrClFN4.